The number of hydrogen-bond donors (Lipinski definition) is 2. The molecule has 0 aliphatic carbocycles. The highest BCUT2D eigenvalue weighted by Gasteiger charge is 2.24. The molecule has 2 N–H and O–H groups in total. The zero-order valence-electron chi connectivity index (χ0n) is 20.7. The standard InChI is InChI=1S/C29H23N5O4S/c35-27(19-10-12-24(25(16-19)34(36)37)33-14-3-4-15-33)32-29(39)30-20-11-13-26-23(17-20)31-28(38-26)22-9-5-7-18-6-1-2-8-21(18)22/h1-2,5-13,16-17H,3-4,14-15H2,(H2,30,32,35,39). The van der Waals surface area contributed by atoms with Crippen molar-refractivity contribution in [3.8, 4) is 11.5 Å². The number of anilines is 2. The molecule has 6 rings (SSSR count). The van der Waals surface area contributed by atoms with Gasteiger partial charge in [0.15, 0.2) is 10.7 Å². The lowest BCUT2D eigenvalue weighted by Gasteiger charge is -2.18. The number of nitro benzene ring substituents is 1. The number of nitrogens with one attached hydrogen (secondary N) is 2. The van der Waals surface area contributed by atoms with Gasteiger partial charge in [-0.25, -0.2) is 4.98 Å². The predicted molar refractivity (Wildman–Crippen MR) is 155 cm³/mol. The molecule has 10 heteroatoms. The van der Waals surface area contributed by atoms with Crippen molar-refractivity contribution in [1.29, 1.82) is 0 Å². The average molecular weight is 538 g/mol. The molecule has 39 heavy (non-hydrogen) atoms. The second-order valence-electron chi connectivity index (χ2n) is 9.29. The van der Waals surface area contributed by atoms with Gasteiger partial charge in [-0.05, 0) is 72.2 Å². The van der Waals surface area contributed by atoms with E-state index in [1.54, 1.807) is 30.3 Å². The fraction of sp³-hybridized carbons (Fsp3) is 0.138. The van der Waals surface area contributed by atoms with Crippen LogP contribution in [0.2, 0.25) is 0 Å². The van der Waals surface area contributed by atoms with Crippen molar-refractivity contribution in [2.45, 2.75) is 12.8 Å². The van der Waals surface area contributed by atoms with Crippen molar-refractivity contribution in [1.82, 2.24) is 10.3 Å². The molecule has 0 bridgehead atoms. The molecular formula is C29H23N5O4S. The number of benzene rings is 4. The van der Waals surface area contributed by atoms with Gasteiger partial charge in [0.05, 0.1) is 4.92 Å². The van der Waals surface area contributed by atoms with E-state index in [0.29, 0.717) is 28.4 Å². The fourth-order valence-corrected chi connectivity index (χ4v) is 5.12. The molecule has 9 nitrogen and oxygen atoms in total. The zero-order valence-corrected chi connectivity index (χ0v) is 21.5. The Bertz CT molecular complexity index is 1750. The second kappa shape index (κ2) is 10.1. The highest BCUT2D eigenvalue weighted by Crippen LogP contribution is 2.33. The summed E-state index contributed by atoms with van der Waals surface area (Å²) in [6.07, 6.45) is 1.98. The van der Waals surface area contributed by atoms with Crippen molar-refractivity contribution >= 4 is 62.2 Å². The number of rotatable bonds is 5. The largest absolute Gasteiger partial charge is 0.436 e. The third kappa shape index (κ3) is 4.89. The number of nitrogens with zero attached hydrogens (tertiary/aromatic N) is 3. The summed E-state index contributed by atoms with van der Waals surface area (Å²) in [6, 6.07) is 23.8. The summed E-state index contributed by atoms with van der Waals surface area (Å²) < 4.78 is 6.02. The summed E-state index contributed by atoms with van der Waals surface area (Å²) in [5.74, 6) is -0.0295. The average Bonchev–Trinajstić information content (AvgIpc) is 3.62. The van der Waals surface area contributed by atoms with Crippen LogP contribution in [0.25, 0.3) is 33.3 Å². The van der Waals surface area contributed by atoms with Crippen LogP contribution in [-0.2, 0) is 0 Å². The molecule has 1 aliphatic heterocycles. The molecule has 0 spiro atoms. The Morgan fingerprint density at radius 3 is 2.62 bits per heavy atom. The van der Waals surface area contributed by atoms with Gasteiger partial charge in [-0.2, -0.15) is 0 Å². The van der Waals surface area contributed by atoms with E-state index in [1.807, 2.05) is 47.4 Å². The smallest absolute Gasteiger partial charge is 0.293 e. The first-order valence-electron chi connectivity index (χ1n) is 12.5. The Morgan fingerprint density at radius 1 is 1.00 bits per heavy atom. The molecule has 1 aromatic heterocycles. The molecule has 0 radical (unpaired) electrons. The number of thiocarbonyl (C=S) groups is 1. The third-order valence-electron chi connectivity index (χ3n) is 6.77. The van der Waals surface area contributed by atoms with Gasteiger partial charge >= 0.3 is 0 Å². The van der Waals surface area contributed by atoms with Gasteiger partial charge in [0.2, 0.25) is 5.89 Å². The first kappa shape index (κ1) is 24.5. The van der Waals surface area contributed by atoms with E-state index in [4.69, 9.17) is 16.6 Å². The van der Waals surface area contributed by atoms with Crippen molar-refractivity contribution < 1.29 is 14.1 Å². The van der Waals surface area contributed by atoms with Crippen LogP contribution in [0.4, 0.5) is 17.1 Å². The van der Waals surface area contributed by atoms with E-state index >= 15 is 0 Å². The lowest BCUT2D eigenvalue weighted by Crippen LogP contribution is -2.34. The van der Waals surface area contributed by atoms with Gasteiger partial charge in [0, 0.05) is 36.0 Å². The molecule has 1 aliphatic rings. The van der Waals surface area contributed by atoms with E-state index in [0.717, 1.165) is 42.3 Å². The number of hydrogen-bond acceptors (Lipinski definition) is 7. The molecule has 4 aromatic carbocycles. The third-order valence-corrected chi connectivity index (χ3v) is 6.98. The van der Waals surface area contributed by atoms with E-state index < -0.39 is 10.8 Å². The zero-order chi connectivity index (χ0) is 26.9. The minimum absolute atomic E-state index is 0.0587. The number of fused-ring (bicyclic) bond motifs is 2. The normalized spacial score (nSPS) is 13.1. The molecule has 0 atom stereocenters. The Labute approximate surface area is 228 Å². The number of nitro groups is 1. The van der Waals surface area contributed by atoms with Gasteiger partial charge in [-0.15, -0.1) is 0 Å². The highest BCUT2D eigenvalue weighted by atomic mass is 32.1. The molecule has 0 saturated carbocycles. The van der Waals surface area contributed by atoms with Crippen molar-refractivity contribution in [2.75, 3.05) is 23.3 Å². The monoisotopic (exact) mass is 537 g/mol. The van der Waals surface area contributed by atoms with Crippen LogP contribution in [0.3, 0.4) is 0 Å². The number of amides is 1. The number of carbonyl (C=O) groups excluding carboxylic acids is 1. The molecule has 1 saturated heterocycles. The summed E-state index contributed by atoms with van der Waals surface area (Å²) in [4.78, 5) is 30.7. The second-order valence-corrected chi connectivity index (χ2v) is 9.70. The van der Waals surface area contributed by atoms with Crippen LogP contribution >= 0.6 is 12.2 Å². The van der Waals surface area contributed by atoms with Crippen LogP contribution in [0, 0.1) is 10.1 Å². The quantitative estimate of drug-likeness (QED) is 0.153. The lowest BCUT2D eigenvalue weighted by molar-refractivity contribution is -0.384. The van der Waals surface area contributed by atoms with Gasteiger partial charge in [0.1, 0.15) is 11.2 Å². The fourth-order valence-electron chi connectivity index (χ4n) is 4.91. The lowest BCUT2D eigenvalue weighted by atomic mass is 10.0. The number of oxazole rings is 1. The highest BCUT2D eigenvalue weighted by molar-refractivity contribution is 7.80. The Kier molecular flexibility index (Phi) is 6.37. The molecule has 194 valence electrons. The van der Waals surface area contributed by atoms with Crippen LogP contribution in [0.15, 0.2) is 83.3 Å². The van der Waals surface area contributed by atoms with E-state index in [1.165, 1.54) is 6.07 Å². The number of aromatic nitrogens is 1. The SMILES string of the molecule is O=C(NC(=S)Nc1ccc2oc(-c3cccc4ccccc34)nc2c1)c1ccc(N2CCCC2)c([N+](=O)[O-])c1. The van der Waals surface area contributed by atoms with E-state index in [-0.39, 0.29) is 16.4 Å². The first-order valence-corrected chi connectivity index (χ1v) is 12.9. The molecule has 5 aromatic rings. The van der Waals surface area contributed by atoms with Crippen molar-refractivity contribution in [2.24, 2.45) is 0 Å². The minimum atomic E-state index is -0.538. The maximum absolute atomic E-state index is 12.8. The summed E-state index contributed by atoms with van der Waals surface area (Å²) in [6.45, 7) is 1.53. The molecule has 1 fully saturated rings. The Balaban J connectivity index is 1.18. The maximum Gasteiger partial charge on any atom is 0.293 e. The van der Waals surface area contributed by atoms with E-state index in [2.05, 4.69) is 15.6 Å². The first-order chi connectivity index (χ1) is 19.0. The summed E-state index contributed by atoms with van der Waals surface area (Å²) in [5, 5.41) is 19.5. The Hall–Kier alpha value is -4.83. The summed E-state index contributed by atoms with van der Waals surface area (Å²) >= 11 is 5.34. The summed E-state index contributed by atoms with van der Waals surface area (Å²) in [5.41, 5.74) is 3.34. The van der Waals surface area contributed by atoms with Crippen molar-refractivity contribution in [3.63, 3.8) is 0 Å². The van der Waals surface area contributed by atoms with Gasteiger partial charge in [-0.3, -0.25) is 20.2 Å². The predicted octanol–water partition coefficient (Wildman–Crippen LogP) is 6.28. The van der Waals surface area contributed by atoms with E-state index in [9.17, 15) is 14.9 Å². The van der Waals surface area contributed by atoms with Crippen LogP contribution in [-0.4, -0.2) is 34.0 Å². The van der Waals surface area contributed by atoms with Gasteiger partial charge in [-0.1, -0.05) is 36.4 Å². The minimum Gasteiger partial charge on any atom is -0.436 e. The van der Waals surface area contributed by atoms with Crippen LogP contribution in [0.1, 0.15) is 23.2 Å². The van der Waals surface area contributed by atoms with Gasteiger partial charge in [0.25, 0.3) is 11.6 Å². The topological polar surface area (TPSA) is 114 Å². The van der Waals surface area contributed by atoms with Crippen LogP contribution < -0.4 is 15.5 Å². The summed E-state index contributed by atoms with van der Waals surface area (Å²) in [7, 11) is 0. The Morgan fingerprint density at radius 2 is 1.79 bits per heavy atom. The molecule has 0 unspecified atom stereocenters. The number of carbonyl (C=O) groups is 1. The maximum atomic E-state index is 12.8. The van der Waals surface area contributed by atoms with Crippen molar-refractivity contribution in [3.05, 3.63) is 94.5 Å². The van der Waals surface area contributed by atoms with Crippen LogP contribution in [0.5, 0.6) is 0 Å². The molecule has 1 amide bonds. The molecule has 2 heterocycles. The van der Waals surface area contributed by atoms with Gasteiger partial charge < -0.3 is 14.6 Å². The molecular weight excluding hydrogens is 514 g/mol.